The van der Waals surface area contributed by atoms with Gasteiger partial charge < -0.3 is 25.5 Å². The van der Waals surface area contributed by atoms with Crippen molar-refractivity contribution in [3.63, 3.8) is 0 Å². The van der Waals surface area contributed by atoms with E-state index in [1.807, 2.05) is 70.3 Å². The number of nitrogens with one attached hydrogen (secondary N) is 2. The molecule has 0 spiro atoms. The Hall–Kier alpha value is -3.85. The van der Waals surface area contributed by atoms with Gasteiger partial charge in [0.05, 0.1) is 34.3 Å². The Kier molecular flexibility index (Phi) is 12.7. The van der Waals surface area contributed by atoms with E-state index in [4.69, 9.17) is 0 Å². The van der Waals surface area contributed by atoms with Crippen molar-refractivity contribution in [3.8, 4) is 0 Å². The number of hydrogen-bond acceptors (Lipinski definition) is 8. The van der Waals surface area contributed by atoms with E-state index in [0.717, 1.165) is 16.3 Å². The molecule has 1 aliphatic heterocycles. The van der Waals surface area contributed by atoms with Crippen LogP contribution in [0, 0.1) is 18.8 Å². The first kappa shape index (κ1) is 37.0. The Morgan fingerprint density at radius 1 is 1.06 bits per heavy atom. The number of benzene rings is 2. The third-order valence-corrected chi connectivity index (χ3v) is 10.8. The molecular weight excluding hydrogens is 653 g/mol. The molecule has 48 heavy (non-hydrogen) atoms. The summed E-state index contributed by atoms with van der Waals surface area (Å²) < 4.78 is 28.9. The lowest BCUT2D eigenvalue weighted by atomic mass is 9.97. The summed E-state index contributed by atoms with van der Waals surface area (Å²) in [6.45, 7) is 10.5. The van der Waals surface area contributed by atoms with Gasteiger partial charge in [-0.25, -0.2) is 18.2 Å². The third-order valence-electron chi connectivity index (χ3n) is 8.15. The number of carbonyl (C=O) groups is 3. The lowest BCUT2D eigenvalue weighted by molar-refractivity contribution is -0.128. The van der Waals surface area contributed by atoms with Crippen LogP contribution in [0.15, 0.2) is 64.9 Å². The molecule has 1 unspecified atom stereocenters. The van der Waals surface area contributed by atoms with Gasteiger partial charge in [0.25, 0.3) is 0 Å². The highest BCUT2D eigenvalue weighted by molar-refractivity contribution is 7.89. The second-order valence-electron chi connectivity index (χ2n) is 12.8. The van der Waals surface area contributed by atoms with Crippen molar-refractivity contribution >= 4 is 45.4 Å². The summed E-state index contributed by atoms with van der Waals surface area (Å²) in [7, 11) is -4.06. The number of aryl methyl sites for hydroxylation is 1. The molecule has 0 saturated carbocycles. The SMILES string of the molecule is Cc1nc(CN2CCN(C(C(=O)N[C@@H](Cc3ccccc3)[C@H](O)CN(CC(C)C)S(=O)(=O)c3ccc(NC=O)cc3)C(C)C)C2=O)cs1. The van der Waals surface area contributed by atoms with Crippen molar-refractivity contribution < 1.29 is 27.9 Å². The maximum Gasteiger partial charge on any atom is 0.321 e. The second kappa shape index (κ2) is 16.5. The van der Waals surface area contributed by atoms with Gasteiger partial charge in [-0.2, -0.15) is 4.31 Å². The highest BCUT2D eigenvalue weighted by atomic mass is 32.2. The lowest BCUT2D eigenvalue weighted by Crippen LogP contribution is -2.57. The fraction of sp³-hybridized carbons (Fsp3) is 0.471. The van der Waals surface area contributed by atoms with Crippen LogP contribution in [0.25, 0.3) is 0 Å². The van der Waals surface area contributed by atoms with E-state index in [2.05, 4.69) is 15.6 Å². The molecule has 4 amide bonds. The van der Waals surface area contributed by atoms with Crippen molar-refractivity contribution in [2.45, 2.75) is 70.7 Å². The van der Waals surface area contributed by atoms with E-state index in [1.54, 1.807) is 9.80 Å². The van der Waals surface area contributed by atoms with Crippen molar-refractivity contribution in [1.82, 2.24) is 24.4 Å². The zero-order chi connectivity index (χ0) is 35.0. The Bertz CT molecular complexity index is 1630. The van der Waals surface area contributed by atoms with Gasteiger partial charge in [0.1, 0.15) is 6.04 Å². The molecule has 1 aliphatic rings. The standard InChI is InChI=1S/C34H46N6O6S2/c1-23(2)18-39(48(45,46)29-13-11-27(12-14-29)35-22-41)20-31(42)30(17-26-9-7-6-8-10-26)37-33(43)32(24(3)4)40-16-15-38(34(40)44)19-28-21-47-25(5)36-28/h6-14,21-24,30-32,42H,15-20H2,1-5H3,(H,35,41)(H,37,43)/t30-,31+,32?/m0/s1. The molecule has 1 aromatic heterocycles. The number of aliphatic hydroxyl groups excluding tert-OH is 1. The predicted molar refractivity (Wildman–Crippen MR) is 186 cm³/mol. The van der Waals surface area contributed by atoms with Gasteiger partial charge in [0.15, 0.2) is 0 Å². The second-order valence-corrected chi connectivity index (χ2v) is 15.8. The summed E-state index contributed by atoms with van der Waals surface area (Å²) in [5.41, 5.74) is 2.10. The fourth-order valence-corrected chi connectivity index (χ4v) is 8.09. The Labute approximate surface area is 287 Å². The zero-order valence-electron chi connectivity index (χ0n) is 28.1. The Morgan fingerprint density at radius 2 is 1.75 bits per heavy atom. The van der Waals surface area contributed by atoms with Crippen LogP contribution in [0.5, 0.6) is 0 Å². The monoisotopic (exact) mass is 698 g/mol. The number of carbonyl (C=O) groups excluding carboxylic acids is 3. The van der Waals surface area contributed by atoms with Crippen LogP contribution in [-0.4, -0.2) is 95.3 Å². The minimum Gasteiger partial charge on any atom is -0.390 e. The van der Waals surface area contributed by atoms with E-state index in [0.29, 0.717) is 31.7 Å². The summed E-state index contributed by atoms with van der Waals surface area (Å²) in [5, 5.41) is 20.1. The minimum absolute atomic E-state index is 0.0141. The number of hydrogen-bond donors (Lipinski definition) is 3. The predicted octanol–water partition coefficient (Wildman–Crippen LogP) is 3.72. The first-order valence-corrected chi connectivity index (χ1v) is 18.4. The molecule has 2 heterocycles. The van der Waals surface area contributed by atoms with E-state index in [-0.39, 0.29) is 42.3 Å². The van der Waals surface area contributed by atoms with Gasteiger partial charge in [0.2, 0.25) is 22.3 Å². The van der Waals surface area contributed by atoms with E-state index in [9.17, 15) is 27.9 Å². The van der Waals surface area contributed by atoms with E-state index >= 15 is 0 Å². The Balaban J connectivity index is 1.56. The van der Waals surface area contributed by atoms with Gasteiger partial charge in [-0.05, 0) is 55.0 Å². The first-order valence-electron chi connectivity index (χ1n) is 16.1. The number of rotatable bonds is 17. The van der Waals surface area contributed by atoms with Crippen LogP contribution in [-0.2, 0) is 32.6 Å². The maximum absolute atomic E-state index is 14.0. The molecule has 3 N–H and O–H groups in total. The van der Waals surface area contributed by atoms with Crippen LogP contribution in [0.2, 0.25) is 0 Å². The highest BCUT2D eigenvalue weighted by Gasteiger charge is 2.40. The van der Waals surface area contributed by atoms with E-state index < -0.39 is 34.1 Å². The van der Waals surface area contributed by atoms with Gasteiger partial charge in [-0.3, -0.25) is 9.59 Å². The van der Waals surface area contributed by atoms with Crippen LogP contribution < -0.4 is 10.6 Å². The molecule has 14 heteroatoms. The minimum atomic E-state index is -4.06. The van der Waals surface area contributed by atoms with Crippen molar-refractivity contribution in [2.75, 3.05) is 31.5 Å². The molecule has 0 radical (unpaired) electrons. The van der Waals surface area contributed by atoms with Crippen LogP contribution >= 0.6 is 11.3 Å². The maximum atomic E-state index is 14.0. The van der Waals surface area contributed by atoms with Crippen LogP contribution in [0.1, 0.15) is 44.0 Å². The zero-order valence-corrected chi connectivity index (χ0v) is 29.7. The van der Waals surface area contributed by atoms with Crippen LogP contribution in [0.3, 0.4) is 0 Å². The number of aliphatic hydroxyl groups is 1. The van der Waals surface area contributed by atoms with Crippen molar-refractivity contribution in [1.29, 1.82) is 0 Å². The van der Waals surface area contributed by atoms with Gasteiger partial charge in [-0.15, -0.1) is 11.3 Å². The quantitative estimate of drug-likeness (QED) is 0.182. The molecule has 1 saturated heterocycles. The number of thiazole rings is 1. The summed E-state index contributed by atoms with van der Waals surface area (Å²) in [4.78, 5) is 46.1. The van der Waals surface area contributed by atoms with Gasteiger partial charge >= 0.3 is 6.03 Å². The van der Waals surface area contributed by atoms with Crippen molar-refractivity contribution in [3.05, 3.63) is 76.2 Å². The molecule has 2 aromatic carbocycles. The highest BCUT2D eigenvalue weighted by Crippen LogP contribution is 2.24. The normalized spacial score (nSPS) is 15.6. The first-order chi connectivity index (χ1) is 22.8. The number of aromatic nitrogens is 1. The lowest BCUT2D eigenvalue weighted by Gasteiger charge is -2.34. The topological polar surface area (TPSA) is 152 Å². The molecule has 0 aliphatic carbocycles. The average Bonchev–Trinajstić information content (AvgIpc) is 3.61. The largest absolute Gasteiger partial charge is 0.390 e. The third kappa shape index (κ3) is 9.40. The molecule has 3 aromatic rings. The number of anilines is 1. The molecule has 3 atom stereocenters. The smallest absolute Gasteiger partial charge is 0.321 e. The average molecular weight is 699 g/mol. The summed E-state index contributed by atoms with van der Waals surface area (Å²) in [6, 6.07) is 13.2. The number of nitrogens with zero attached hydrogens (tertiary/aromatic N) is 4. The Morgan fingerprint density at radius 3 is 2.33 bits per heavy atom. The number of amides is 4. The molecular formula is C34H46N6O6S2. The molecule has 1 fully saturated rings. The number of sulfonamides is 1. The van der Waals surface area contributed by atoms with Crippen LogP contribution in [0.4, 0.5) is 10.5 Å². The summed E-state index contributed by atoms with van der Waals surface area (Å²) in [5.74, 6) is -0.714. The van der Waals surface area contributed by atoms with Gasteiger partial charge in [0, 0.05) is 37.2 Å². The molecule has 4 rings (SSSR count). The summed E-state index contributed by atoms with van der Waals surface area (Å²) >= 11 is 1.52. The fourth-order valence-electron chi connectivity index (χ4n) is 5.86. The molecule has 12 nitrogen and oxygen atoms in total. The molecule has 260 valence electrons. The van der Waals surface area contributed by atoms with Gasteiger partial charge in [-0.1, -0.05) is 58.0 Å². The summed E-state index contributed by atoms with van der Waals surface area (Å²) in [6.07, 6.45) is -0.538. The molecule has 0 bridgehead atoms. The van der Waals surface area contributed by atoms with Crippen molar-refractivity contribution in [2.24, 2.45) is 11.8 Å². The number of urea groups is 1. The van der Waals surface area contributed by atoms with E-state index in [1.165, 1.54) is 39.9 Å².